The number of halogens is 1. The van der Waals surface area contributed by atoms with E-state index in [-0.39, 0.29) is 12.4 Å². The van der Waals surface area contributed by atoms with Crippen LogP contribution in [0.5, 0.6) is 5.75 Å². The van der Waals surface area contributed by atoms with Crippen molar-refractivity contribution >= 4 is 33.0 Å². The van der Waals surface area contributed by atoms with Crippen LogP contribution in [-0.4, -0.2) is 32.3 Å². The highest BCUT2D eigenvalue weighted by atomic mass is 35.5. The molecule has 5 nitrogen and oxygen atoms in total. The van der Waals surface area contributed by atoms with Crippen molar-refractivity contribution in [3.63, 3.8) is 0 Å². The molecule has 27 heavy (non-hydrogen) atoms. The van der Waals surface area contributed by atoms with Crippen molar-refractivity contribution in [1.82, 2.24) is 9.71 Å². The second-order valence-electron chi connectivity index (χ2n) is 5.76. The van der Waals surface area contributed by atoms with Gasteiger partial charge in [-0.1, -0.05) is 41.9 Å². The predicted molar refractivity (Wildman–Crippen MR) is 110 cm³/mol. The summed E-state index contributed by atoms with van der Waals surface area (Å²) in [6.45, 7) is 0.415. The predicted octanol–water partition coefficient (Wildman–Crippen LogP) is 4.00. The molecule has 0 radical (unpaired) electrons. The Labute approximate surface area is 168 Å². The number of hydrogen-bond donors (Lipinski definition) is 1. The number of ether oxygens (including phenoxy) is 1. The van der Waals surface area contributed by atoms with Crippen LogP contribution in [0.15, 0.2) is 60.0 Å². The summed E-state index contributed by atoms with van der Waals surface area (Å²) in [6.07, 6.45) is 0.539. The fourth-order valence-corrected chi connectivity index (χ4v) is 4.14. The number of thiazole rings is 1. The molecule has 0 unspecified atom stereocenters. The van der Waals surface area contributed by atoms with Gasteiger partial charge >= 0.3 is 0 Å². The molecule has 3 rings (SSSR count). The van der Waals surface area contributed by atoms with Gasteiger partial charge in [-0.25, -0.2) is 18.1 Å². The van der Waals surface area contributed by atoms with Crippen LogP contribution in [-0.2, 0) is 16.4 Å². The molecule has 0 saturated heterocycles. The molecule has 142 valence electrons. The van der Waals surface area contributed by atoms with Gasteiger partial charge in [-0.15, -0.1) is 11.3 Å². The molecule has 0 aliphatic heterocycles. The maximum atomic E-state index is 12.0. The molecule has 3 aromatic rings. The van der Waals surface area contributed by atoms with Crippen LogP contribution in [0, 0.1) is 0 Å². The van der Waals surface area contributed by atoms with E-state index in [9.17, 15) is 8.42 Å². The number of sulfonamides is 1. The van der Waals surface area contributed by atoms with Crippen molar-refractivity contribution in [2.75, 3.05) is 18.9 Å². The van der Waals surface area contributed by atoms with E-state index in [0.29, 0.717) is 23.7 Å². The van der Waals surface area contributed by atoms with Gasteiger partial charge in [0.05, 0.1) is 16.5 Å². The first-order valence-electron chi connectivity index (χ1n) is 8.37. The zero-order chi connectivity index (χ0) is 19.1. The van der Waals surface area contributed by atoms with Gasteiger partial charge in [0.1, 0.15) is 12.4 Å². The van der Waals surface area contributed by atoms with Crippen LogP contribution < -0.4 is 9.46 Å². The van der Waals surface area contributed by atoms with Gasteiger partial charge in [-0.2, -0.15) is 0 Å². The lowest BCUT2D eigenvalue weighted by Gasteiger charge is -2.08. The van der Waals surface area contributed by atoms with E-state index in [2.05, 4.69) is 9.71 Å². The molecule has 2 aromatic carbocycles. The Hall–Kier alpha value is -1.93. The average Bonchev–Trinajstić information content (AvgIpc) is 3.12. The Kier molecular flexibility index (Phi) is 6.84. The lowest BCUT2D eigenvalue weighted by atomic mass is 10.2. The highest BCUT2D eigenvalue weighted by molar-refractivity contribution is 7.89. The average molecular weight is 423 g/mol. The fraction of sp³-hybridized carbons (Fsp3) is 0.211. The lowest BCUT2D eigenvalue weighted by Crippen LogP contribution is -2.30. The number of benzene rings is 2. The van der Waals surface area contributed by atoms with Crippen LogP contribution in [0.4, 0.5) is 0 Å². The highest BCUT2D eigenvalue weighted by Gasteiger charge is 2.11. The standard InChI is InChI=1S/C19H19ClN2O3S2/c20-16-8-6-15(7-9-16)18-14-26-19(22-18)10-11-21-27(23,24)13-12-25-17-4-2-1-3-5-17/h1-9,14,21H,10-13H2. The second-order valence-corrected chi connectivity index (χ2v) is 9.06. The summed E-state index contributed by atoms with van der Waals surface area (Å²) in [5.74, 6) is 0.570. The Morgan fingerprint density at radius 1 is 1.07 bits per heavy atom. The summed E-state index contributed by atoms with van der Waals surface area (Å²) in [4.78, 5) is 4.55. The maximum absolute atomic E-state index is 12.0. The van der Waals surface area contributed by atoms with Crippen LogP contribution >= 0.6 is 22.9 Å². The maximum Gasteiger partial charge on any atom is 0.214 e. The van der Waals surface area contributed by atoms with Crippen molar-refractivity contribution in [2.45, 2.75) is 6.42 Å². The van der Waals surface area contributed by atoms with Crippen LogP contribution in [0.1, 0.15) is 5.01 Å². The zero-order valence-electron chi connectivity index (χ0n) is 14.5. The third kappa shape index (κ3) is 6.32. The molecule has 0 bridgehead atoms. The molecule has 8 heteroatoms. The zero-order valence-corrected chi connectivity index (χ0v) is 16.9. The summed E-state index contributed by atoms with van der Waals surface area (Å²) in [6, 6.07) is 16.6. The van der Waals surface area contributed by atoms with E-state index in [4.69, 9.17) is 16.3 Å². The number of nitrogens with one attached hydrogen (secondary N) is 1. The summed E-state index contributed by atoms with van der Waals surface area (Å²) in [5.41, 5.74) is 1.85. The van der Waals surface area contributed by atoms with Crippen molar-refractivity contribution in [2.24, 2.45) is 0 Å². The minimum atomic E-state index is -3.38. The smallest absolute Gasteiger partial charge is 0.214 e. The Morgan fingerprint density at radius 2 is 1.81 bits per heavy atom. The number of nitrogens with zero attached hydrogens (tertiary/aromatic N) is 1. The molecular formula is C19H19ClN2O3S2. The Bertz CT molecular complexity index is 958. The van der Waals surface area contributed by atoms with Gasteiger partial charge in [0, 0.05) is 28.9 Å². The van der Waals surface area contributed by atoms with Crippen molar-refractivity contribution in [1.29, 1.82) is 0 Å². The van der Waals surface area contributed by atoms with Crippen LogP contribution in [0.3, 0.4) is 0 Å². The van der Waals surface area contributed by atoms with Gasteiger partial charge in [-0.05, 0) is 24.3 Å². The number of rotatable bonds is 9. The van der Waals surface area contributed by atoms with Crippen molar-refractivity contribution < 1.29 is 13.2 Å². The first-order chi connectivity index (χ1) is 13.0. The normalized spacial score (nSPS) is 11.4. The Morgan fingerprint density at radius 3 is 2.56 bits per heavy atom. The number of aromatic nitrogens is 1. The summed E-state index contributed by atoms with van der Waals surface area (Å²) in [7, 11) is -3.38. The summed E-state index contributed by atoms with van der Waals surface area (Å²) in [5, 5.41) is 3.52. The molecule has 0 saturated carbocycles. The molecule has 1 aromatic heterocycles. The second kappa shape index (κ2) is 9.32. The van der Waals surface area contributed by atoms with Crippen LogP contribution in [0.25, 0.3) is 11.3 Å². The largest absolute Gasteiger partial charge is 0.492 e. The van der Waals surface area contributed by atoms with Gasteiger partial charge < -0.3 is 4.74 Å². The van der Waals surface area contributed by atoms with E-state index in [0.717, 1.165) is 16.3 Å². The molecule has 0 atom stereocenters. The first kappa shape index (κ1) is 19.8. The molecule has 0 spiro atoms. The number of para-hydroxylation sites is 1. The third-order valence-electron chi connectivity index (χ3n) is 3.72. The highest BCUT2D eigenvalue weighted by Crippen LogP contribution is 2.23. The van der Waals surface area contributed by atoms with E-state index < -0.39 is 10.0 Å². The molecule has 0 aliphatic rings. The molecule has 0 aliphatic carbocycles. The Balaban J connectivity index is 1.44. The fourth-order valence-electron chi connectivity index (χ4n) is 2.35. The molecule has 1 heterocycles. The summed E-state index contributed by atoms with van der Waals surface area (Å²) < 4.78 is 32.1. The quantitative estimate of drug-likeness (QED) is 0.565. The van der Waals surface area contributed by atoms with Crippen molar-refractivity contribution in [3.05, 3.63) is 70.0 Å². The minimum Gasteiger partial charge on any atom is -0.492 e. The van der Waals surface area contributed by atoms with Gasteiger partial charge in [0.25, 0.3) is 0 Å². The minimum absolute atomic E-state index is 0.0875. The molecular weight excluding hydrogens is 404 g/mol. The van der Waals surface area contributed by atoms with E-state index >= 15 is 0 Å². The SMILES string of the molecule is O=S(=O)(CCOc1ccccc1)NCCc1nc(-c2ccc(Cl)cc2)cs1. The lowest BCUT2D eigenvalue weighted by molar-refractivity contribution is 0.340. The van der Waals surface area contributed by atoms with E-state index in [1.165, 1.54) is 11.3 Å². The number of hydrogen-bond acceptors (Lipinski definition) is 5. The van der Waals surface area contributed by atoms with Crippen molar-refractivity contribution in [3.8, 4) is 17.0 Å². The monoisotopic (exact) mass is 422 g/mol. The third-order valence-corrected chi connectivity index (χ3v) is 6.23. The summed E-state index contributed by atoms with van der Waals surface area (Å²) >= 11 is 7.41. The van der Waals surface area contributed by atoms with Gasteiger partial charge in [0.15, 0.2) is 0 Å². The van der Waals surface area contributed by atoms with Gasteiger partial charge in [-0.3, -0.25) is 0 Å². The molecule has 1 N–H and O–H groups in total. The molecule has 0 amide bonds. The molecule has 0 fully saturated rings. The van der Waals surface area contributed by atoms with Gasteiger partial charge in [0.2, 0.25) is 10.0 Å². The van der Waals surface area contributed by atoms with E-state index in [1.807, 2.05) is 47.8 Å². The van der Waals surface area contributed by atoms with E-state index in [1.54, 1.807) is 12.1 Å². The topological polar surface area (TPSA) is 68.3 Å². The van der Waals surface area contributed by atoms with Crippen LogP contribution in [0.2, 0.25) is 5.02 Å². The first-order valence-corrected chi connectivity index (χ1v) is 11.3.